The molecule has 0 aliphatic heterocycles. The maximum atomic E-state index is 9.60. The van der Waals surface area contributed by atoms with Gasteiger partial charge in [0.1, 0.15) is 5.82 Å². The molecule has 0 amide bonds. The van der Waals surface area contributed by atoms with Gasteiger partial charge in [-0.1, -0.05) is 31.0 Å². The van der Waals surface area contributed by atoms with Crippen LogP contribution in [-0.4, -0.2) is 23.2 Å². The van der Waals surface area contributed by atoms with Crippen molar-refractivity contribution in [3.05, 3.63) is 35.9 Å². The molecule has 19 heavy (non-hydrogen) atoms. The molecule has 1 aromatic carbocycles. The van der Waals surface area contributed by atoms with Crippen LogP contribution in [0.1, 0.15) is 31.2 Å². The molecule has 0 unspecified atom stereocenters. The topological polar surface area (TPSA) is 36.4 Å². The summed E-state index contributed by atoms with van der Waals surface area (Å²) in [6.07, 6.45) is 5.07. The molecule has 3 heteroatoms. The second-order valence-corrected chi connectivity index (χ2v) is 5.37. The summed E-state index contributed by atoms with van der Waals surface area (Å²) >= 11 is 0. The summed E-state index contributed by atoms with van der Waals surface area (Å²) in [6, 6.07) is 10.7. The van der Waals surface area contributed by atoms with E-state index >= 15 is 0 Å². The molecule has 1 saturated carbocycles. The number of aliphatic hydroxyl groups excluding tert-OH is 1. The van der Waals surface area contributed by atoms with Crippen molar-refractivity contribution in [3.63, 3.8) is 0 Å². The Hall–Kier alpha value is -1.61. The molecule has 3 nitrogen and oxygen atoms in total. The van der Waals surface area contributed by atoms with Crippen LogP contribution in [0.4, 0.5) is 5.82 Å². The summed E-state index contributed by atoms with van der Waals surface area (Å²) in [7, 11) is 2.10. The SMILES string of the molecule is CN(c1nc2ccccc2cc1CO)C1CCCC1. The van der Waals surface area contributed by atoms with Crippen molar-refractivity contribution in [2.75, 3.05) is 11.9 Å². The van der Waals surface area contributed by atoms with Gasteiger partial charge in [0.15, 0.2) is 0 Å². The fraction of sp³-hybridized carbons (Fsp3) is 0.438. The van der Waals surface area contributed by atoms with Crippen LogP contribution in [0.15, 0.2) is 30.3 Å². The van der Waals surface area contributed by atoms with Crippen molar-refractivity contribution >= 4 is 16.7 Å². The van der Waals surface area contributed by atoms with E-state index in [0.717, 1.165) is 22.3 Å². The van der Waals surface area contributed by atoms with Crippen molar-refractivity contribution < 1.29 is 5.11 Å². The molecule has 0 spiro atoms. The Morgan fingerprint density at radius 3 is 2.74 bits per heavy atom. The summed E-state index contributed by atoms with van der Waals surface area (Å²) in [4.78, 5) is 7.01. The van der Waals surface area contributed by atoms with E-state index in [1.165, 1.54) is 25.7 Å². The second-order valence-electron chi connectivity index (χ2n) is 5.37. The predicted octanol–water partition coefficient (Wildman–Crippen LogP) is 3.11. The zero-order valence-corrected chi connectivity index (χ0v) is 11.3. The largest absolute Gasteiger partial charge is 0.392 e. The number of fused-ring (bicyclic) bond motifs is 1. The Balaban J connectivity index is 2.05. The molecule has 1 aliphatic carbocycles. The van der Waals surface area contributed by atoms with Gasteiger partial charge in [0.05, 0.1) is 12.1 Å². The number of hydrogen-bond acceptors (Lipinski definition) is 3. The van der Waals surface area contributed by atoms with Crippen LogP contribution < -0.4 is 4.90 Å². The molecule has 0 saturated heterocycles. The van der Waals surface area contributed by atoms with E-state index in [9.17, 15) is 5.11 Å². The van der Waals surface area contributed by atoms with Crippen molar-refractivity contribution in [1.29, 1.82) is 0 Å². The monoisotopic (exact) mass is 256 g/mol. The minimum absolute atomic E-state index is 0.0459. The molecule has 100 valence electrons. The van der Waals surface area contributed by atoms with Crippen LogP contribution in [0, 0.1) is 0 Å². The average molecular weight is 256 g/mol. The average Bonchev–Trinajstić information content (AvgIpc) is 2.99. The van der Waals surface area contributed by atoms with Gasteiger partial charge >= 0.3 is 0 Å². The summed E-state index contributed by atoms with van der Waals surface area (Å²) in [5.74, 6) is 0.938. The summed E-state index contributed by atoms with van der Waals surface area (Å²) in [5, 5.41) is 10.7. The zero-order valence-electron chi connectivity index (χ0n) is 11.3. The Bertz CT molecular complexity index is 576. The molecule has 3 rings (SSSR count). The number of nitrogens with zero attached hydrogens (tertiary/aromatic N) is 2. The number of pyridine rings is 1. The molecule has 0 atom stereocenters. The van der Waals surface area contributed by atoms with Gasteiger partial charge in [-0.15, -0.1) is 0 Å². The molecular formula is C16H20N2O. The van der Waals surface area contributed by atoms with Gasteiger partial charge in [0.2, 0.25) is 0 Å². The van der Waals surface area contributed by atoms with Crippen molar-refractivity contribution in [3.8, 4) is 0 Å². The summed E-state index contributed by atoms with van der Waals surface area (Å²) in [6.45, 7) is 0.0459. The number of para-hydroxylation sites is 1. The highest BCUT2D eigenvalue weighted by Gasteiger charge is 2.22. The highest BCUT2D eigenvalue weighted by molar-refractivity contribution is 5.81. The number of hydrogen-bond donors (Lipinski definition) is 1. The first kappa shape index (κ1) is 12.4. The number of anilines is 1. The number of benzene rings is 1. The second kappa shape index (κ2) is 5.17. The van der Waals surface area contributed by atoms with E-state index in [2.05, 4.69) is 18.0 Å². The first-order valence-electron chi connectivity index (χ1n) is 7.02. The molecule has 1 aliphatic rings. The summed E-state index contributed by atoms with van der Waals surface area (Å²) in [5.41, 5.74) is 1.92. The lowest BCUT2D eigenvalue weighted by atomic mass is 10.1. The van der Waals surface area contributed by atoms with Crippen LogP contribution in [0.25, 0.3) is 10.9 Å². The van der Waals surface area contributed by atoms with E-state index < -0.39 is 0 Å². The van der Waals surface area contributed by atoms with Gasteiger partial charge in [-0.3, -0.25) is 0 Å². The molecular weight excluding hydrogens is 236 g/mol. The fourth-order valence-corrected chi connectivity index (χ4v) is 3.04. The quantitative estimate of drug-likeness (QED) is 0.916. The van der Waals surface area contributed by atoms with Crippen LogP contribution in [0.3, 0.4) is 0 Å². The van der Waals surface area contributed by atoms with Crippen molar-refractivity contribution in [2.45, 2.75) is 38.3 Å². The van der Waals surface area contributed by atoms with Gasteiger partial charge in [-0.25, -0.2) is 4.98 Å². The van der Waals surface area contributed by atoms with Crippen LogP contribution >= 0.6 is 0 Å². The van der Waals surface area contributed by atoms with Crippen molar-refractivity contribution in [2.24, 2.45) is 0 Å². The molecule has 1 heterocycles. The van der Waals surface area contributed by atoms with Crippen molar-refractivity contribution in [1.82, 2.24) is 4.98 Å². The Morgan fingerprint density at radius 2 is 2.00 bits per heavy atom. The van der Waals surface area contributed by atoms with E-state index in [1.54, 1.807) is 0 Å². The summed E-state index contributed by atoms with van der Waals surface area (Å²) < 4.78 is 0. The Labute approximate surface area is 113 Å². The highest BCUT2D eigenvalue weighted by Crippen LogP contribution is 2.29. The van der Waals surface area contributed by atoms with E-state index in [-0.39, 0.29) is 6.61 Å². The fourth-order valence-electron chi connectivity index (χ4n) is 3.04. The van der Waals surface area contributed by atoms with Crippen LogP contribution in [0.2, 0.25) is 0 Å². The zero-order chi connectivity index (χ0) is 13.2. The van der Waals surface area contributed by atoms with E-state index in [0.29, 0.717) is 6.04 Å². The van der Waals surface area contributed by atoms with Gasteiger partial charge < -0.3 is 10.0 Å². The van der Waals surface area contributed by atoms with Crippen LogP contribution in [-0.2, 0) is 6.61 Å². The lowest BCUT2D eigenvalue weighted by Gasteiger charge is -2.27. The minimum Gasteiger partial charge on any atom is -0.392 e. The molecule has 0 radical (unpaired) electrons. The van der Waals surface area contributed by atoms with Crippen LogP contribution in [0.5, 0.6) is 0 Å². The molecule has 0 bridgehead atoms. The predicted molar refractivity (Wildman–Crippen MR) is 78.3 cm³/mol. The van der Waals surface area contributed by atoms with Gasteiger partial charge in [0, 0.05) is 24.0 Å². The highest BCUT2D eigenvalue weighted by atomic mass is 16.3. The molecule has 1 aromatic heterocycles. The first-order chi connectivity index (χ1) is 9.29. The van der Waals surface area contributed by atoms with E-state index in [1.807, 2.05) is 24.3 Å². The number of aromatic nitrogens is 1. The molecule has 2 aromatic rings. The third kappa shape index (κ3) is 2.30. The molecule has 1 N–H and O–H groups in total. The number of aliphatic hydroxyl groups is 1. The minimum atomic E-state index is 0.0459. The lowest BCUT2D eigenvalue weighted by Crippen LogP contribution is -2.30. The third-order valence-corrected chi connectivity index (χ3v) is 4.16. The van der Waals surface area contributed by atoms with E-state index in [4.69, 9.17) is 4.98 Å². The van der Waals surface area contributed by atoms with Gasteiger partial charge in [-0.05, 0) is 25.0 Å². The smallest absolute Gasteiger partial charge is 0.134 e. The number of rotatable bonds is 3. The first-order valence-corrected chi connectivity index (χ1v) is 7.02. The normalized spacial score (nSPS) is 16.1. The van der Waals surface area contributed by atoms with Gasteiger partial charge in [-0.2, -0.15) is 0 Å². The third-order valence-electron chi connectivity index (χ3n) is 4.16. The lowest BCUT2D eigenvalue weighted by molar-refractivity contribution is 0.281. The Morgan fingerprint density at radius 1 is 1.26 bits per heavy atom. The molecule has 1 fully saturated rings. The standard InChI is InChI=1S/C16H20N2O/c1-18(14-7-3-4-8-14)16-13(11-19)10-12-6-2-5-9-15(12)17-16/h2,5-6,9-10,14,19H,3-4,7-8,11H2,1H3. The maximum absolute atomic E-state index is 9.60. The van der Waals surface area contributed by atoms with Gasteiger partial charge in [0.25, 0.3) is 0 Å². The maximum Gasteiger partial charge on any atom is 0.134 e. The Kier molecular flexibility index (Phi) is 3.38.